The van der Waals surface area contributed by atoms with Gasteiger partial charge in [0.05, 0.1) is 5.03 Å². The maximum atomic E-state index is 11.7. The van der Waals surface area contributed by atoms with Crippen LogP contribution >= 0.6 is 23.2 Å². The van der Waals surface area contributed by atoms with Crippen LogP contribution in [-0.4, -0.2) is 38.8 Å². The molecular formula is C17H17Cl2CoN3O6. The van der Waals surface area contributed by atoms with Crippen LogP contribution in [0.4, 0.5) is 0 Å². The van der Waals surface area contributed by atoms with E-state index in [-0.39, 0.29) is 39.1 Å². The Morgan fingerprint density at radius 1 is 1.03 bits per heavy atom. The summed E-state index contributed by atoms with van der Waals surface area (Å²) in [7, 11) is 0. The summed E-state index contributed by atoms with van der Waals surface area (Å²) in [5.41, 5.74) is 5.63. The first-order valence-electron chi connectivity index (χ1n) is 7.38. The zero-order valence-electron chi connectivity index (χ0n) is 15.1. The third-order valence-corrected chi connectivity index (χ3v) is 2.89. The average Bonchev–Trinajstić information content (AvgIpc) is 2.58. The number of hydrogen-bond acceptors (Lipinski definition) is 6. The number of nitrogens with one attached hydrogen (secondary N) is 2. The molecule has 1 aliphatic rings. The van der Waals surface area contributed by atoms with Gasteiger partial charge in [0.25, 0.3) is 17.8 Å². The molecule has 0 spiro atoms. The van der Waals surface area contributed by atoms with Gasteiger partial charge in [-0.25, -0.2) is 0 Å². The van der Waals surface area contributed by atoms with Crippen LogP contribution in [0.15, 0.2) is 58.5 Å². The molecule has 1 aliphatic carbocycles. The normalized spacial score (nSPS) is 13.1. The maximum absolute atomic E-state index is 11.7. The minimum absolute atomic E-state index is 0. The van der Waals surface area contributed by atoms with Gasteiger partial charge < -0.3 is 15.6 Å². The zero-order chi connectivity index (χ0) is 21.7. The van der Waals surface area contributed by atoms with E-state index in [1.54, 1.807) is 12.1 Å². The first-order chi connectivity index (χ1) is 13.0. The van der Waals surface area contributed by atoms with Gasteiger partial charge in [-0.05, 0) is 24.3 Å². The number of carboxylic acids is 2. The molecule has 12 heteroatoms. The number of ketones is 1. The Morgan fingerprint density at radius 2 is 1.52 bits per heavy atom. The van der Waals surface area contributed by atoms with E-state index in [1.807, 2.05) is 0 Å². The van der Waals surface area contributed by atoms with Crippen molar-refractivity contribution in [2.45, 2.75) is 13.8 Å². The second-order valence-electron chi connectivity index (χ2n) is 4.82. The molecule has 0 atom stereocenters. The number of nitrogens with zero attached hydrogens (tertiary/aromatic N) is 1. The number of carbonyl (C=O) groups is 4. The molecular weight excluding hydrogens is 472 g/mol. The molecule has 1 radical (unpaired) electrons. The number of aromatic nitrogens is 1. The van der Waals surface area contributed by atoms with Gasteiger partial charge in [-0.3, -0.25) is 29.6 Å². The predicted octanol–water partition coefficient (Wildman–Crippen LogP) is 2.21. The molecule has 4 N–H and O–H groups in total. The third-order valence-electron chi connectivity index (χ3n) is 2.39. The third kappa shape index (κ3) is 14.1. The maximum Gasteiger partial charge on any atom is 0.300 e. The SMILES string of the molecule is CC(=O)O.CC(=O)O.O=C1C(Cl)=CC(Cl)=C/C1=C/NNC(=O)c1ccncc1.[Co]. The van der Waals surface area contributed by atoms with Crippen molar-refractivity contribution in [3.05, 3.63) is 64.1 Å². The Balaban J connectivity index is 0. The number of allylic oxidation sites excluding steroid dienone is 5. The van der Waals surface area contributed by atoms with Crippen LogP contribution in [-0.2, 0) is 31.2 Å². The summed E-state index contributed by atoms with van der Waals surface area (Å²) in [6.07, 6.45) is 7.13. The minimum Gasteiger partial charge on any atom is -0.481 e. The van der Waals surface area contributed by atoms with Crippen molar-refractivity contribution in [1.29, 1.82) is 0 Å². The van der Waals surface area contributed by atoms with Crippen LogP contribution in [0.1, 0.15) is 24.2 Å². The van der Waals surface area contributed by atoms with Gasteiger partial charge in [-0.15, -0.1) is 0 Å². The summed E-state index contributed by atoms with van der Waals surface area (Å²) < 4.78 is 0. The fourth-order valence-electron chi connectivity index (χ4n) is 1.44. The largest absolute Gasteiger partial charge is 0.481 e. The Labute approximate surface area is 186 Å². The van der Waals surface area contributed by atoms with Crippen molar-refractivity contribution >= 4 is 46.8 Å². The standard InChI is InChI=1S/C13H9Cl2N3O2.2C2H4O2.Co/c14-10-5-9(12(19)11(15)6-10)7-17-18-13(20)8-1-3-16-4-2-8;2*1-2(3)4;/h1-7,17H,(H,18,20);2*1H3,(H,3,4);/b9-7-;;;. The van der Waals surface area contributed by atoms with E-state index in [0.717, 1.165) is 13.8 Å². The molecule has 0 fully saturated rings. The number of rotatable bonds is 3. The van der Waals surface area contributed by atoms with Gasteiger partial charge in [-0.1, -0.05) is 23.2 Å². The van der Waals surface area contributed by atoms with Crippen molar-refractivity contribution in [3.8, 4) is 0 Å². The molecule has 159 valence electrons. The van der Waals surface area contributed by atoms with Gasteiger partial charge >= 0.3 is 0 Å². The predicted molar refractivity (Wildman–Crippen MR) is 102 cm³/mol. The Morgan fingerprint density at radius 3 is 2.00 bits per heavy atom. The zero-order valence-corrected chi connectivity index (χ0v) is 17.7. The Kier molecular flexibility index (Phi) is 15.0. The quantitative estimate of drug-likeness (QED) is 0.374. The van der Waals surface area contributed by atoms with E-state index in [9.17, 15) is 9.59 Å². The van der Waals surface area contributed by atoms with Crippen molar-refractivity contribution in [2.75, 3.05) is 0 Å². The number of aliphatic carboxylic acids is 2. The minimum atomic E-state index is -0.833. The summed E-state index contributed by atoms with van der Waals surface area (Å²) in [4.78, 5) is 45.2. The molecule has 29 heavy (non-hydrogen) atoms. The second-order valence-corrected chi connectivity index (χ2v) is 5.67. The van der Waals surface area contributed by atoms with Crippen LogP contribution in [0.5, 0.6) is 0 Å². The molecule has 1 heterocycles. The second kappa shape index (κ2) is 15.3. The monoisotopic (exact) mass is 488 g/mol. The number of pyridine rings is 1. The molecule has 0 saturated carbocycles. The molecule has 0 aliphatic heterocycles. The number of Topliss-reactive ketones (excluding diaryl/α,β-unsaturated/α-hetero) is 1. The van der Waals surface area contributed by atoms with Crippen LogP contribution in [0.3, 0.4) is 0 Å². The van der Waals surface area contributed by atoms with Crippen molar-refractivity contribution in [2.24, 2.45) is 0 Å². The van der Waals surface area contributed by atoms with Gasteiger partial charge in [0, 0.05) is 65.4 Å². The molecule has 0 unspecified atom stereocenters. The van der Waals surface area contributed by atoms with E-state index in [1.165, 1.54) is 30.7 Å². The number of hydrazine groups is 1. The number of hydrogen-bond donors (Lipinski definition) is 4. The summed E-state index contributed by atoms with van der Waals surface area (Å²) in [6.45, 7) is 2.17. The average molecular weight is 489 g/mol. The first kappa shape index (κ1) is 28.5. The molecule has 1 amide bonds. The van der Waals surface area contributed by atoms with E-state index in [4.69, 9.17) is 43.0 Å². The van der Waals surface area contributed by atoms with E-state index in [2.05, 4.69) is 15.8 Å². The summed E-state index contributed by atoms with van der Waals surface area (Å²) >= 11 is 11.5. The molecule has 0 bridgehead atoms. The van der Waals surface area contributed by atoms with Crippen molar-refractivity contribution in [1.82, 2.24) is 15.8 Å². The van der Waals surface area contributed by atoms with E-state index in [0.29, 0.717) is 10.6 Å². The summed E-state index contributed by atoms with van der Waals surface area (Å²) in [5.74, 6) is -2.40. The van der Waals surface area contributed by atoms with Crippen LogP contribution in [0, 0.1) is 0 Å². The van der Waals surface area contributed by atoms with Crippen LogP contribution in [0.2, 0.25) is 0 Å². The fraction of sp³-hybridized carbons (Fsp3) is 0.118. The first-order valence-corrected chi connectivity index (χ1v) is 8.14. The van der Waals surface area contributed by atoms with E-state index < -0.39 is 11.9 Å². The van der Waals surface area contributed by atoms with Crippen LogP contribution < -0.4 is 10.9 Å². The number of halogens is 2. The summed E-state index contributed by atoms with van der Waals surface area (Å²) in [6, 6.07) is 3.12. The number of amides is 1. The molecule has 0 aromatic carbocycles. The van der Waals surface area contributed by atoms with Crippen molar-refractivity contribution in [3.63, 3.8) is 0 Å². The van der Waals surface area contributed by atoms with Crippen LogP contribution in [0.25, 0.3) is 0 Å². The number of carbonyl (C=O) groups excluding carboxylic acids is 2. The van der Waals surface area contributed by atoms with Gasteiger partial charge in [-0.2, -0.15) is 0 Å². The van der Waals surface area contributed by atoms with Crippen molar-refractivity contribution < 1.29 is 46.2 Å². The summed E-state index contributed by atoms with van der Waals surface area (Å²) in [5, 5.41) is 15.2. The smallest absolute Gasteiger partial charge is 0.300 e. The Bertz CT molecular complexity index is 806. The topological polar surface area (TPSA) is 146 Å². The van der Waals surface area contributed by atoms with Gasteiger partial charge in [0.15, 0.2) is 0 Å². The molecule has 1 aromatic rings. The molecule has 2 rings (SSSR count). The van der Waals surface area contributed by atoms with E-state index >= 15 is 0 Å². The number of carboxylic acid groups (broad SMARTS) is 2. The van der Waals surface area contributed by atoms with Gasteiger partial charge in [0.1, 0.15) is 0 Å². The molecule has 1 aromatic heterocycles. The molecule has 9 nitrogen and oxygen atoms in total. The Hall–Kier alpha value is -2.66. The molecule has 0 saturated heterocycles. The fourth-order valence-corrected chi connectivity index (χ4v) is 1.95. The van der Waals surface area contributed by atoms with Gasteiger partial charge in [0.2, 0.25) is 5.78 Å².